The Labute approximate surface area is 121 Å². The largest absolute Gasteiger partial charge is 0.380 e. The second-order valence-electron chi connectivity index (χ2n) is 4.20. The lowest BCUT2D eigenvalue weighted by molar-refractivity contribution is 0.185. The highest BCUT2D eigenvalue weighted by atomic mass is 79.9. The molecule has 4 nitrogen and oxygen atoms in total. The van der Waals surface area contributed by atoms with E-state index < -0.39 is 0 Å². The monoisotopic (exact) mass is 321 g/mol. The number of hydrogen-bond acceptors (Lipinski definition) is 4. The van der Waals surface area contributed by atoms with Crippen molar-refractivity contribution in [2.24, 2.45) is 0 Å². The molecule has 0 saturated carbocycles. The summed E-state index contributed by atoms with van der Waals surface area (Å²) < 4.78 is 6.27. The van der Waals surface area contributed by atoms with Crippen LogP contribution < -0.4 is 5.32 Å². The summed E-state index contributed by atoms with van der Waals surface area (Å²) in [5.41, 5.74) is 3.04. The number of aromatic nitrogens is 2. The van der Waals surface area contributed by atoms with E-state index in [0.717, 1.165) is 21.4 Å². The lowest BCUT2D eigenvalue weighted by Crippen LogP contribution is -2.10. The average molecular weight is 322 g/mol. The predicted octanol–water partition coefficient (Wildman–Crippen LogP) is 3.56. The summed E-state index contributed by atoms with van der Waals surface area (Å²) in [4.78, 5) is 8.39. The maximum atomic E-state index is 5.24. The Bertz CT molecular complexity index is 533. The first-order valence-corrected chi connectivity index (χ1v) is 6.80. The molecule has 0 aliphatic carbocycles. The zero-order valence-corrected chi connectivity index (χ0v) is 12.5. The van der Waals surface area contributed by atoms with Crippen molar-refractivity contribution in [2.75, 3.05) is 12.4 Å². The van der Waals surface area contributed by atoms with Crippen molar-refractivity contribution in [3.05, 3.63) is 52.5 Å². The van der Waals surface area contributed by atoms with Crippen LogP contribution in [0.1, 0.15) is 24.2 Å². The molecule has 0 amide bonds. The first-order valence-electron chi connectivity index (χ1n) is 6.01. The Morgan fingerprint density at radius 2 is 2.21 bits per heavy atom. The zero-order valence-electron chi connectivity index (χ0n) is 10.9. The molecule has 1 aromatic heterocycles. The molecule has 2 aromatic rings. The molecule has 1 unspecified atom stereocenters. The van der Waals surface area contributed by atoms with Crippen LogP contribution in [0.5, 0.6) is 0 Å². The Morgan fingerprint density at radius 3 is 2.89 bits per heavy atom. The molecule has 0 spiro atoms. The molecule has 5 heteroatoms. The summed E-state index contributed by atoms with van der Waals surface area (Å²) in [5, 5.41) is 3.44. The van der Waals surface area contributed by atoms with Crippen molar-refractivity contribution in [2.45, 2.75) is 19.6 Å². The van der Waals surface area contributed by atoms with E-state index >= 15 is 0 Å². The molecule has 0 radical (unpaired) electrons. The Balaban J connectivity index is 2.21. The van der Waals surface area contributed by atoms with Crippen LogP contribution in [0.2, 0.25) is 0 Å². The van der Waals surface area contributed by atoms with Crippen LogP contribution in [0.15, 0.2) is 41.3 Å². The minimum absolute atomic E-state index is 0.0820. The van der Waals surface area contributed by atoms with Crippen molar-refractivity contribution >= 4 is 21.6 Å². The predicted molar refractivity (Wildman–Crippen MR) is 78.9 cm³/mol. The number of nitrogens with one attached hydrogen (secondary N) is 1. The van der Waals surface area contributed by atoms with Crippen LogP contribution in [0, 0.1) is 0 Å². The molecule has 19 heavy (non-hydrogen) atoms. The Hall–Kier alpha value is -1.46. The third kappa shape index (κ3) is 3.52. The quantitative estimate of drug-likeness (QED) is 0.914. The Kier molecular flexibility index (Phi) is 4.87. The summed E-state index contributed by atoms with van der Waals surface area (Å²) in [6, 6.07) is 6.12. The van der Waals surface area contributed by atoms with Gasteiger partial charge in [0.15, 0.2) is 0 Å². The molecular formula is C14H16BrN3O. The van der Waals surface area contributed by atoms with Crippen LogP contribution >= 0.6 is 15.9 Å². The summed E-state index contributed by atoms with van der Waals surface area (Å²) in [5.74, 6) is 0. The van der Waals surface area contributed by atoms with Crippen LogP contribution in [0.3, 0.4) is 0 Å². The average Bonchev–Trinajstić information content (AvgIpc) is 2.43. The molecule has 0 aliphatic rings. The van der Waals surface area contributed by atoms with Crippen LogP contribution in [0.25, 0.3) is 0 Å². The van der Waals surface area contributed by atoms with E-state index in [4.69, 9.17) is 4.74 Å². The van der Waals surface area contributed by atoms with Gasteiger partial charge in [-0.25, -0.2) is 0 Å². The molecule has 2 rings (SSSR count). The minimum atomic E-state index is 0.0820. The maximum Gasteiger partial charge on any atom is 0.0806 e. The van der Waals surface area contributed by atoms with Crippen molar-refractivity contribution in [1.29, 1.82) is 0 Å². The SMILES string of the molecule is COCc1c(Br)cccc1NC(C)c1cnccn1. The number of anilines is 1. The van der Waals surface area contributed by atoms with Gasteiger partial charge in [-0.1, -0.05) is 22.0 Å². The highest BCUT2D eigenvalue weighted by molar-refractivity contribution is 9.10. The summed E-state index contributed by atoms with van der Waals surface area (Å²) >= 11 is 3.55. The van der Waals surface area contributed by atoms with E-state index in [-0.39, 0.29) is 6.04 Å². The number of hydrogen-bond donors (Lipinski definition) is 1. The third-order valence-electron chi connectivity index (χ3n) is 2.81. The van der Waals surface area contributed by atoms with E-state index in [1.54, 1.807) is 25.7 Å². The number of nitrogens with zero attached hydrogens (tertiary/aromatic N) is 2. The van der Waals surface area contributed by atoms with Gasteiger partial charge in [0, 0.05) is 35.2 Å². The lowest BCUT2D eigenvalue weighted by Gasteiger charge is -2.18. The minimum Gasteiger partial charge on any atom is -0.380 e. The first-order chi connectivity index (χ1) is 9.22. The van der Waals surface area contributed by atoms with Gasteiger partial charge in [-0.3, -0.25) is 9.97 Å². The van der Waals surface area contributed by atoms with Gasteiger partial charge in [-0.15, -0.1) is 0 Å². The van der Waals surface area contributed by atoms with Gasteiger partial charge in [-0.2, -0.15) is 0 Å². The number of ether oxygens (including phenoxy) is 1. The summed E-state index contributed by atoms with van der Waals surface area (Å²) in [7, 11) is 1.69. The molecule has 1 N–H and O–H groups in total. The smallest absolute Gasteiger partial charge is 0.0806 e. The number of rotatable bonds is 5. The molecule has 1 aromatic carbocycles. The first kappa shape index (κ1) is 14.0. The third-order valence-corrected chi connectivity index (χ3v) is 3.55. The van der Waals surface area contributed by atoms with Crippen LogP contribution in [-0.4, -0.2) is 17.1 Å². The van der Waals surface area contributed by atoms with E-state index in [2.05, 4.69) is 38.1 Å². The van der Waals surface area contributed by atoms with Crippen molar-refractivity contribution in [3.8, 4) is 0 Å². The van der Waals surface area contributed by atoms with Gasteiger partial charge in [0.1, 0.15) is 0 Å². The molecule has 100 valence electrons. The van der Waals surface area contributed by atoms with Gasteiger partial charge in [-0.05, 0) is 19.1 Å². The van der Waals surface area contributed by atoms with E-state index in [0.29, 0.717) is 6.61 Å². The summed E-state index contributed by atoms with van der Waals surface area (Å²) in [6.45, 7) is 2.61. The van der Waals surface area contributed by atoms with Gasteiger partial charge in [0.05, 0.1) is 24.5 Å². The topological polar surface area (TPSA) is 47.0 Å². The van der Waals surface area contributed by atoms with E-state index in [1.807, 2.05) is 18.2 Å². The molecule has 0 bridgehead atoms. The molecule has 0 aliphatic heterocycles. The number of halogens is 1. The van der Waals surface area contributed by atoms with Gasteiger partial charge in [0.2, 0.25) is 0 Å². The standard InChI is InChI=1S/C14H16BrN3O/c1-10(14-8-16-6-7-17-14)18-13-5-3-4-12(15)11(13)9-19-2/h3-8,10,18H,9H2,1-2H3. The Morgan fingerprint density at radius 1 is 1.37 bits per heavy atom. The van der Waals surface area contributed by atoms with Crippen LogP contribution in [0.4, 0.5) is 5.69 Å². The van der Waals surface area contributed by atoms with Crippen molar-refractivity contribution in [3.63, 3.8) is 0 Å². The fourth-order valence-corrected chi connectivity index (χ4v) is 2.31. The lowest BCUT2D eigenvalue weighted by atomic mass is 10.1. The fourth-order valence-electron chi connectivity index (χ4n) is 1.83. The fraction of sp³-hybridized carbons (Fsp3) is 0.286. The molecule has 0 fully saturated rings. The highest BCUT2D eigenvalue weighted by Gasteiger charge is 2.11. The zero-order chi connectivity index (χ0) is 13.7. The number of benzene rings is 1. The van der Waals surface area contributed by atoms with Crippen molar-refractivity contribution < 1.29 is 4.74 Å². The normalized spacial score (nSPS) is 12.2. The van der Waals surface area contributed by atoms with Gasteiger partial charge < -0.3 is 10.1 Å². The second kappa shape index (κ2) is 6.63. The molecule has 0 saturated heterocycles. The second-order valence-corrected chi connectivity index (χ2v) is 5.05. The maximum absolute atomic E-state index is 5.24. The molecular weight excluding hydrogens is 306 g/mol. The molecule has 1 heterocycles. The molecule has 1 atom stereocenters. The number of methoxy groups -OCH3 is 1. The van der Waals surface area contributed by atoms with Gasteiger partial charge in [0.25, 0.3) is 0 Å². The van der Waals surface area contributed by atoms with Crippen molar-refractivity contribution in [1.82, 2.24) is 9.97 Å². The van der Waals surface area contributed by atoms with E-state index in [9.17, 15) is 0 Å². The van der Waals surface area contributed by atoms with Crippen LogP contribution in [-0.2, 0) is 11.3 Å². The van der Waals surface area contributed by atoms with E-state index in [1.165, 1.54) is 0 Å². The highest BCUT2D eigenvalue weighted by Crippen LogP contribution is 2.28. The summed E-state index contributed by atoms with van der Waals surface area (Å²) in [6.07, 6.45) is 5.14. The van der Waals surface area contributed by atoms with Gasteiger partial charge >= 0.3 is 0 Å².